The minimum atomic E-state index is -0.0912. The van der Waals surface area contributed by atoms with E-state index in [1.165, 1.54) is 0 Å². The van der Waals surface area contributed by atoms with Crippen molar-refractivity contribution in [2.45, 2.75) is 78.2 Å². The molecule has 0 aliphatic rings. The zero-order valence-corrected chi connectivity index (χ0v) is 14.2. The van der Waals surface area contributed by atoms with Crippen LogP contribution >= 0.6 is 0 Å². The molecular weight excluding hydrogens is 246 g/mol. The molecule has 0 unspecified atom stereocenters. The Balaban J connectivity index is 3.50. The van der Waals surface area contributed by atoms with Gasteiger partial charge in [0.25, 0.3) is 0 Å². The topological polar surface area (TPSA) is 46.2 Å². The van der Waals surface area contributed by atoms with Crippen molar-refractivity contribution in [1.29, 1.82) is 0 Å². The summed E-state index contributed by atoms with van der Waals surface area (Å²) in [5.74, 6) is 0.428. The molecular formula is C18H31NO. The van der Waals surface area contributed by atoms with Crippen molar-refractivity contribution in [3.05, 3.63) is 28.8 Å². The molecule has 2 nitrogen and oxygen atoms in total. The second-order valence-electron chi connectivity index (χ2n) is 7.86. The Hall–Kier alpha value is -1.02. The van der Waals surface area contributed by atoms with Gasteiger partial charge in [0, 0.05) is 6.04 Å². The number of aromatic hydroxyl groups is 1. The predicted octanol–water partition coefficient (Wildman–Crippen LogP) is 4.79. The van der Waals surface area contributed by atoms with Crippen molar-refractivity contribution in [1.82, 2.24) is 0 Å². The number of rotatable bonds is 3. The Bertz CT molecular complexity index is 428. The van der Waals surface area contributed by atoms with Gasteiger partial charge >= 0.3 is 0 Å². The third kappa shape index (κ3) is 3.76. The van der Waals surface area contributed by atoms with Gasteiger partial charge in [-0.05, 0) is 33.9 Å². The molecule has 114 valence electrons. The Labute approximate surface area is 124 Å². The van der Waals surface area contributed by atoms with Crippen LogP contribution in [0.2, 0.25) is 0 Å². The number of phenolic OH excluding ortho intramolecular Hbond substituents is 1. The van der Waals surface area contributed by atoms with Crippen LogP contribution in [-0.2, 0) is 10.8 Å². The fraction of sp³-hybridized carbons (Fsp3) is 0.667. The monoisotopic (exact) mass is 277 g/mol. The third-order valence-electron chi connectivity index (χ3n) is 3.78. The molecule has 0 spiro atoms. The highest BCUT2D eigenvalue weighted by molar-refractivity contribution is 5.50. The van der Waals surface area contributed by atoms with Crippen LogP contribution in [0.4, 0.5) is 0 Å². The Morgan fingerprint density at radius 3 is 1.70 bits per heavy atom. The summed E-state index contributed by atoms with van der Waals surface area (Å²) in [5, 5.41) is 10.7. The largest absolute Gasteiger partial charge is 0.507 e. The summed E-state index contributed by atoms with van der Waals surface area (Å²) in [4.78, 5) is 0. The average Bonchev–Trinajstić information content (AvgIpc) is 2.26. The molecule has 1 aromatic rings. The molecule has 3 N–H and O–H groups in total. The highest BCUT2D eigenvalue weighted by Gasteiger charge is 2.27. The van der Waals surface area contributed by atoms with E-state index in [0.717, 1.165) is 29.5 Å². The van der Waals surface area contributed by atoms with Crippen molar-refractivity contribution in [3.8, 4) is 5.75 Å². The van der Waals surface area contributed by atoms with Gasteiger partial charge in [-0.25, -0.2) is 0 Å². The van der Waals surface area contributed by atoms with E-state index in [1.807, 2.05) is 0 Å². The molecule has 0 aliphatic carbocycles. The second-order valence-corrected chi connectivity index (χ2v) is 7.86. The smallest absolute Gasteiger partial charge is 0.123 e. The zero-order chi connectivity index (χ0) is 15.7. The van der Waals surface area contributed by atoms with Gasteiger partial charge in [-0.15, -0.1) is 0 Å². The lowest BCUT2D eigenvalue weighted by molar-refractivity contribution is 0.422. The van der Waals surface area contributed by atoms with Gasteiger partial charge in [-0.2, -0.15) is 0 Å². The number of phenols is 1. The summed E-state index contributed by atoms with van der Waals surface area (Å²) in [6, 6.07) is 4.22. The SMILES string of the molecule is CCC[C@H](N)c1cc(C(C)(C)C)c(O)c(C(C)(C)C)c1. The summed E-state index contributed by atoms with van der Waals surface area (Å²) in [6.07, 6.45) is 2.04. The lowest BCUT2D eigenvalue weighted by Gasteiger charge is -2.29. The number of hydrogen-bond donors (Lipinski definition) is 2. The predicted molar refractivity (Wildman–Crippen MR) is 87.3 cm³/mol. The highest BCUT2D eigenvalue weighted by atomic mass is 16.3. The van der Waals surface area contributed by atoms with Crippen molar-refractivity contribution in [2.75, 3.05) is 0 Å². The minimum absolute atomic E-state index is 0.0443. The van der Waals surface area contributed by atoms with E-state index in [4.69, 9.17) is 5.73 Å². The van der Waals surface area contributed by atoms with E-state index >= 15 is 0 Å². The molecule has 0 saturated carbocycles. The van der Waals surface area contributed by atoms with E-state index in [-0.39, 0.29) is 16.9 Å². The van der Waals surface area contributed by atoms with E-state index in [1.54, 1.807) is 0 Å². The molecule has 2 heteroatoms. The molecule has 0 amide bonds. The lowest BCUT2D eigenvalue weighted by atomic mass is 9.77. The molecule has 1 rings (SSSR count). The fourth-order valence-electron chi connectivity index (χ4n) is 2.49. The van der Waals surface area contributed by atoms with Gasteiger partial charge in [0.05, 0.1) is 0 Å². The summed E-state index contributed by atoms with van der Waals surface area (Å²) >= 11 is 0. The standard InChI is InChI=1S/C18H31NO/c1-8-9-15(19)12-10-13(17(2,3)4)16(20)14(11-12)18(5,6)7/h10-11,15,20H,8-9,19H2,1-7H3/t15-/m0/s1. The van der Waals surface area contributed by atoms with Crippen LogP contribution in [-0.4, -0.2) is 5.11 Å². The summed E-state index contributed by atoms with van der Waals surface area (Å²) in [7, 11) is 0. The maximum Gasteiger partial charge on any atom is 0.123 e. The molecule has 20 heavy (non-hydrogen) atoms. The first-order chi connectivity index (χ1) is 8.98. The summed E-state index contributed by atoms with van der Waals surface area (Å²) < 4.78 is 0. The van der Waals surface area contributed by atoms with E-state index in [2.05, 4.69) is 60.6 Å². The van der Waals surface area contributed by atoms with Crippen LogP contribution in [0.25, 0.3) is 0 Å². The molecule has 0 heterocycles. The van der Waals surface area contributed by atoms with Crippen LogP contribution in [0.1, 0.15) is 84.0 Å². The second kappa shape index (κ2) is 5.77. The molecule has 0 radical (unpaired) electrons. The average molecular weight is 277 g/mol. The van der Waals surface area contributed by atoms with Crippen LogP contribution in [0.15, 0.2) is 12.1 Å². The highest BCUT2D eigenvalue weighted by Crippen LogP contribution is 2.40. The Morgan fingerprint density at radius 1 is 1.00 bits per heavy atom. The van der Waals surface area contributed by atoms with Gasteiger partial charge in [-0.3, -0.25) is 0 Å². The minimum Gasteiger partial charge on any atom is -0.507 e. The molecule has 0 fully saturated rings. The summed E-state index contributed by atoms with van der Waals surface area (Å²) in [5.41, 5.74) is 9.24. The number of benzene rings is 1. The molecule has 0 aliphatic heterocycles. The first-order valence-electron chi connectivity index (χ1n) is 7.62. The van der Waals surface area contributed by atoms with Gasteiger partial charge in [0.1, 0.15) is 5.75 Å². The van der Waals surface area contributed by atoms with Crippen molar-refractivity contribution >= 4 is 0 Å². The van der Waals surface area contributed by atoms with Crippen LogP contribution < -0.4 is 5.73 Å². The fourth-order valence-corrected chi connectivity index (χ4v) is 2.49. The van der Waals surface area contributed by atoms with Crippen LogP contribution in [0.5, 0.6) is 5.75 Å². The number of nitrogens with two attached hydrogens (primary N) is 1. The van der Waals surface area contributed by atoms with Crippen molar-refractivity contribution in [3.63, 3.8) is 0 Å². The molecule has 1 aromatic carbocycles. The molecule has 0 aromatic heterocycles. The first-order valence-corrected chi connectivity index (χ1v) is 7.62. The third-order valence-corrected chi connectivity index (χ3v) is 3.78. The quantitative estimate of drug-likeness (QED) is 0.834. The first kappa shape index (κ1) is 17.0. The Morgan fingerprint density at radius 2 is 1.40 bits per heavy atom. The van der Waals surface area contributed by atoms with Crippen LogP contribution in [0, 0.1) is 0 Å². The zero-order valence-electron chi connectivity index (χ0n) is 14.2. The molecule has 0 saturated heterocycles. The van der Waals surface area contributed by atoms with E-state index in [9.17, 15) is 5.11 Å². The lowest BCUT2D eigenvalue weighted by Crippen LogP contribution is -2.20. The maximum absolute atomic E-state index is 10.7. The van der Waals surface area contributed by atoms with Crippen LogP contribution in [0.3, 0.4) is 0 Å². The normalized spacial score (nSPS) is 14.4. The van der Waals surface area contributed by atoms with Gasteiger partial charge in [-0.1, -0.05) is 67.0 Å². The van der Waals surface area contributed by atoms with Gasteiger partial charge in [0.15, 0.2) is 0 Å². The van der Waals surface area contributed by atoms with Crippen molar-refractivity contribution < 1.29 is 5.11 Å². The van der Waals surface area contributed by atoms with E-state index < -0.39 is 0 Å². The maximum atomic E-state index is 10.7. The summed E-state index contributed by atoms with van der Waals surface area (Å²) in [6.45, 7) is 14.9. The van der Waals surface area contributed by atoms with Crippen molar-refractivity contribution in [2.24, 2.45) is 5.73 Å². The Kier molecular flexibility index (Phi) is 4.91. The van der Waals surface area contributed by atoms with E-state index in [0.29, 0.717) is 5.75 Å². The molecule has 1 atom stereocenters. The molecule has 0 bridgehead atoms. The van der Waals surface area contributed by atoms with Gasteiger partial charge < -0.3 is 10.8 Å². The number of hydrogen-bond acceptors (Lipinski definition) is 2. The van der Waals surface area contributed by atoms with Gasteiger partial charge in [0.2, 0.25) is 0 Å².